The minimum Gasteiger partial charge on any atom is -0.497 e. The van der Waals surface area contributed by atoms with Crippen LogP contribution in [-0.2, 0) is 6.42 Å². The van der Waals surface area contributed by atoms with Crippen LogP contribution in [0, 0.1) is 5.92 Å². The summed E-state index contributed by atoms with van der Waals surface area (Å²) in [6.07, 6.45) is 6.61. The third-order valence-corrected chi connectivity index (χ3v) is 3.94. The highest BCUT2D eigenvalue weighted by molar-refractivity contribution is 5.27. The van der Waals surface area contributed by atoms with Crippen LogP contribution in [0.15, 0.2) is 24.3 Å². The molecular formula is C16H25NO. The Labute approximate surface area is 111 Å². The van der Waals surface area contributed by atoms with Crippen molar-refractivity contribution in [1.29, 1.82) is 0 Å². The first-order chi connectivity index (χ1) is 8.78. The van der Waals surface area contributed by atoms with Crippen LogP contribution in [0.4, 0.5) is 0 Å². The van der Waals surface area contributed by atoms with E-state index >= 15 is 0 Å². The van der Waals surface area contributed by atoms with Gasteiger partial charge in [0.1, 0.15) is 5.75 Å². The van der Waals surface area contributed by atoms with Crippen LogP contribution in [-0.4, -0.2) is 19.7 Å². The summed E-state index contributed by atoms with van der Waals surface area (Å²) >= 11 is 0. The van der Waals surface area contributed by atoms with Crippen molar-refractivity contribution >= 4 is 0 Å². The monoisotopic (exact) mass is 247 g/mol. The predicted octanol–water partition coefficient (Wildman–Crippen LogP) is 3.41. The molecule has 2 rings (SSSR count). The van der Waals surface area contributed by atoms with Crippen LogP contribution in [0.5, 0.6) is 5.75 Å². The van der Waals surface area contributed by atoms with Crippen molar-refractivity contribution in [2.24, 2.45) is 5.92 Å². The highest BCUT2D eigenvalue weighted by Crippen LogP contribution is 2.23. The molecule has 1 saturated carbocycles. The van der Waals surface area contributed by atoms with Gasteiger partial charge in [-0.2, -0.15) is 0 Å². The molecule has 1 aromatic carbocycles. The molecule has 0 amide bonds. The Balaban J connectivity index is 1.70. The van der Waals surface area contributed by atoms with Gasteiger partial charge in [-0.3, -0.25) is 0 Å². The number of hydrogen-bond acceptors (Lipinski definition) is 2. The Bertz CT molecular complexity index is 347. The minimum atomic E-state index is 0.743. The van der Waals surface area contributed by atoms with Gasteiger partial charge >= 0.3 is 0 Å². The molecule has 1 aliphatic rings. The van der Waals surface area contributed by atoms with Gasteiger partial charge in [-0.1, -0.05) is 31.9 Å². The molecule has 1 aliphatic carbocycles. The van der Waals surface area contributed by atoms with Crippen LogP contribution in [0.3, 0.4) is 0 Å². The maximum absolute atomic E-state index is 5.16. The summed E-state index contributed by atoms with van der Waals surface area (Å²) < 4.78 is 5.16. The van der Waals surface area contributed by atoms with Gasteiger partial charge in [0.25, 0.3) is 0 Å². The third-order valence-electron chi connectivity index (χ3n) is 3.94. The van der Waals surface area contributed by atoms with E-state index in [1.807, 2.05) is 12.1 Å². The summed E-state index contributed by atoms with van der Waals surface area (Å²) in [5, 5.41) is 3.70. The molecule has 0 aromatic heterocycles. The topological polar surface area (TPSA) is 21.3 Å². The molecule has 0 radical (unpaired) electrons. The predicted molar refractivity (Wildman–Crippen MR) is 76.1 cm³/mol. The smallest absolute Gasteiger partial charge is 0.118 e. The van der Waals surface area contributed by atoms with Crippen molar-refractivity contribution in [3.8, 4) is 5.75 Å². The molecule has 0 spiro atoms. The van der Waals surface area contributed by atoms with Crippen LogP contribution < -0.4 is 10.1 Å². The number of nitrogens with one attached hydrogen (secondary N) is 1. The average molecular weight is 247 g/mol. The van der Waals surface area contributed by atoms with Gasteiger partial charge in [0.05, 0.1) is 7.11 Å². The summed E-state index contributed by atoms with van der Waals surface area (Å²) in [6, 6.07) is 9.14. The molecule has 0 heterocycles. The van der Waals surface area contributed by atoms with Gasteiger partial charge in [0, 0.05) is 6.04 Å². The van der Waals surface area contributed by atoms with Crippen LogP contribution in [0.1, 0.15) is 38.2 Å². The standard InChI is InChI=1S/C16H25NO/c1-13-4-3-5-15(12-13)17-11-10-14-6-8-16(18-2)9-7-14/h6-9,13,15,17H,3-5,10-12H2,1-2H3. The Morgan fingerprint density at radius 3 is 2.67 bits per heavy atom. The van der Waals surface area contributed by atoms with Crippen molar-refractivity contribution < 1.29 is 4.74 Å². The highest BCUT2D eigenvalue weighted by atomic mass is 16.5. The second-order valence-electron chi connectivity index (χ2n) is 5.52. The molecule has 100 valence electrons. The first-order valence-corrected chi connectivity index (χ1v) is 7.14. The van der Waals surface area contributed by atoms with Crippen LogP contribution in [0.25, 0.3) is 0 Å². The molecule has 0 bridgehead atoms. The highest BCUT2D eigenvalue weighted by Gasteiger charge is 2.17. The van der Waals surface area contributed by atoms with E-state index in [1.54, 1.807) is 7.11 Å². The van der Waals surface area contributed by atoms with Gasteiger partial charge in [0.2, 0.25) is 0 Å². The van der Waals surface area contributed by atoms with E-state index in [1.165, 1.54) is 31.2 Å². The van der Waals surface area contributed by atoms with Gasteiger partial charge in [-0.05, 0) is 49.4 Å². The van der Waals surface area contributed by atoms with Gasteiger partial charge in [0.15, 0.2) is 0 Å². The molecule has 1 aromatic rings. The molecule has 1 N–H and O–H groups in total. The van der Waals surface area contributed by atoms with E-state index < -0.39 is 0 Å². The van der Waals surface area contributed by atoms with Crippen LogP contribution in [0.2, 0.25) is 0 Å². The normalized spacial score (nSPS) is 23.9. The van der Waals surface area contributed by atoms with Gasteiger partial charge < -0.3 is 10.1 Å². The molecule has 2 heteroatoms. The van der Waals surface area contributed by atoms with E-state index in [2.05, 4.69) is 24.4 Å². The SMILES string of the molecule is COc1ccc(CCNC2CCCC(C)C2)cc1. The lowest BCUT2D eigenvalue weighted by molar-refractivity contribution is 0.303. The zero-order chi connectivity index (χ0) is 12.8. The second kappa shape index (κ2) is 6.79. The second-order valence-corrected chi connectivity index (χ2v) is 5.52. The van der Waals surface area contributed by atoms with Crippen molar-refractivity contribution in [2.75, 3.05) is 13.7 Å². The van der Waals surface area contributed by atoms with Crippen molar-refractivity contribution in [2.45, 2.75) is 45.1 Å². The third kappa shape index (κ3) is 4.02. The Kier molecular flexibility index (Phi) is 5.06. The van der Waals surface area contributed by atoms with E-state index in [4.69, 9.17) is 4.74 Å². The van der Waals surface area contributed by atoms with Crippen LogP contribution >= 0.6 is 0 Å². The molecule has 2 atom stereocenters. The summed E-state index contributed by atoms with van der Waals surface area (Å²) in [6.45, 7) is 3.46. The van der Waals surface area contributed by atoms with E-state index in [0.717, 1.165) is 30.7 Å². The minimum absolute atomic E-state index is 0.743. The fourth-order valence-electron chi connectivity index (χ4n) is 2.83. The molecule has 1 fully saturated rings. The molecule has 2 nitrogen and oxygen atoms in total. The summed E-state index contributed by atoms with van der Waals surface area (Å²) in [5.74, 6) is 1.84. The van der Waals surface area contributed by atoms with Crippen molar-refractivity contribution in [3.63, 3.8) is 0 Å². The van der Waals surface area contributed by atoms with E-state index in [0.29, 0.717) is 0 Å². The van der Waals surface area contributed by atoms with E-state index in [9.17, 15) is 0 Å². The Morgan fingerprint density at radius 2 is 2.00 bits per heavy atom. The quantitative estimate of drug-likeness (QED) is 0.861. The van der Waals surface area contributed by atoms with E-state index in [-0.39, 0.29) is 0 Å². The maximum atomic E-state index is 5.16. The molecule has 0 saturated heterocycles. The lowest BCUT2D eigenvalue weighted by atomic mass is 9.87. The number of methoxy groups -OCH3 is 1. The molecule has 0 aliphatic heterocycles. The Hall–Kier alpha value is -1.02. The summed E-state index contributed by atoms with van der Waals surface area (Å²) in [4.78, 5) is 0. The summed E-state index contributed by atoms with van der Waals surface area (Å²) in [7, 11) is 1.71. The van der Waals surface area contributed by atoms with Gasteiger partial charge in [-0.15, -0.1) is 0 Å². The lowest BCUT2D eigenvalue weighted by Gasteiger charge is -2.27. The first kappa shape index (κ1) is 13.4. The fraction of sp³-hybridized carbons (Fsp3) is 0.625. The average Bonchev–Trinajstić information content (AvgIpc) is 2.40. The number of hydrogen-bond donors (Lipinski definition) is 1. The fourth-order valence-corrected chi connectivity index (χ4v) is 2.83. The van der Waals surface area contributed by atoms with Crippen molar-refractivity contribution in [3.05, 3.63) is 29.8 Å². The van der Waals surface area contributed by atoms with Gasteiger partial charge in [-0.25, -0.2) is 0 Å². The number of benzene rings is 1. The zero-order valence-corrected chi connectivity index (χ0v) is 11.6. The summed E-state index contributed by atoms with van der Waals surface area (Å²) in [5.41, 5.74) is 1.38. The van der Waals surface area contributed by atoms with Crippen molar-refractivity contribution in [1.82, 2.24) is 5.32 Å². The zero-order valence-electron chi connectivity index (χ0n) is 11.6. The molecule has 2 unspecified atom stereocenters. The largest absolute Gasteiger partial charge is 0.497 e. The number of rotatable bonds is 5. The molecular weight excluding hydrogens is 222 g/mol. The molecule has 18 heavy (non-hydrogen) atoms. The lowest BCUT2D eigenvalue weighted by Crippen LogP contribution is -2.34. The maximum Gasteiger partial charge on any atom is 0.118 e. The number of ether oxygens (including phenoxy) is 1. The Morgan fingerprint density at radius 1 is 1.22 bits per heavy atom. The first-order valence-electron chi connectivity index (χ1n) is 7.14.